The number of halogens is 1. The lowest BCUT2D eigenvalue weighted by atomic mass is 10.2. The van der Waals surface area contributed by atoms with Crippen molar-refractivity contribution < 1.29 is 0 Å². The maximum absolute atomic E-state index is 4.50. The van der Waals surface area contributed by atoms with Crippen molar-refractivity contribution in [2.24, 2.45) is 4.99 Å². The van der Waals surface area contributed by atoms with E-state index < -0.39 is 0 Å². The Bertz CT molecular complexity index is 561. The first-order chi connectivity index (χ1) is 8.69. The van der Waals surface area contributed by atoms with E-state index in [1.807, 2.05) is 12.3 Å². The molecule has 2 aromatic rings. The fourth-order valence-electron chi connectivity index (χ4n) is 1.50. The summed E-state index contributed by atoms with van der Waals surface area (Å²) in [6.07, 6.45) is 3.99. The van der Waals surface area contributed by atoms with Gasteiger partial charge in [0.1, 0.15) is 0 Å². The molecule has 0 atom stereocenters. The smallest absolute Gasteiger partial charge is 0.0640 e. The first kappa shape index (κ1) is 13.6. The predicted octanol–water partition coefficient (Wildman–Crippen LogP) is 5.07. The number of nitrogens with zero attached hydrogens (tertiary/aromatic N) is 1. The Hall–Kier alpha value is -0.810. The molecule has 3 heteroatoms. The van der Waals surface area contributed by atoms with Crippen LogP contribution in [-0.4, -0.2) is 12.5 Å². The highest BCUT2D eigenvalue weighted by molar-refractivity contribution is 14.1. The maximum Gasteiger partial charge on any atom is 0.0640 e. The highest BCUT2D eigenvalue weighted by Gasteiger charge is 1.95. The fourth-order valence-corrected chi connectivity index (χ4v) is 2.41. The summed E-state index contributed by atoms with van der Waals surface area (Å²) >= 11 is 4.09. The zero-order valence-electron chi connectivity index (χ0n) is 10.4. The van der Waals surface area contributed by atoms with Crippen molar-refractivity contribution in [3.8, 4) is 0 Å². The molecule has 0 aliphatic rings. The van der Waals surface area contributed by atoms with Gasteiger partial charge in [0.05, 0.1) is 5.69 Å². The van der Waals surface area contributed by atoms with Crippen LogP contribution in [0, 0.1) is 10.5 Å². The van der Waals surface area contributed by atoms with Gasteiger partial charge < -0.3 is 0 Å². The number of hydrogen-bond donors (Lipinski definition) is 0. The molecule has 0 fully saturated rings. The molecule has 0 aliphatic carbocycles. The van der Waals surface area contributed by atoms with E-state index in [2.05, 4.69) is 77.2 Å². The van der Waals surface area contributed by atoms with Gasteiger partial charge in [-0.1, -0.05) is 18.2 Å². The zero-order chi connectivity index (χ0) is 13.0. The summed E-state index contributed by atoms with van der Waals surface area (Å²) in [5, 5.41) is 0. The Morgan fingerprint density at radius 2 is 1.83 bits per heavy atom. The van der Waals surface area contributed by atoms with E-state index in [1.54, 1.807) is 11.8 Å². The second-order valence-corrected chi connectivity index (χ2v) is 6.01. The van der Waals surface area contributed by atoms with Gasteiger partial charge in [0.15, 0.2) is 0 Å². The highest BCUT2D eigenvalue weighted by Crippen LogP contribution is 2.20. The Balaban J connectivity index is 2.16. The number of hydrogen-bond acceptors (Lipinski definition) is 2. The van der Waals surface area contributed by atoms with E-state index in [9.17, 15) is 0 Å². The largest absolute Gasteiger partial charge is 0.256 e. The monoisotopic (exact) mass is 367 g/mol. The zero-order valence-corrected chi connectivity index (χ0v) is 13.3. The van der Waals surface area contributed by atoms with Crippen molar-refractivity contribution in [2.45, 2.75) is 11.8 Å². The molecule has 18 heavy (non-hydrogen) atoms. The van der Waals surface area contributed by atoms with E-state index in [0.717, 1.165) is 11.3 Å². The summed E-state index contributed by atoms with van der Waals surface area (Å²) in [7, 11) is 0. The molecule has 0 spiro atoms. The normalized spacial score (nSPS) is 11.1. The first-order valence-corrected chi connectivity index (χ1v) is 7.93. The predicted molar refractivity (Wildman–Crippen MR) is 89.4 cm³/mol. The standard InChI is InChI=1S/C15H14INS/c1-11-3-6-13(9-15(11)16)17-10-12-4-7-14(18-2)8-5-12/h3-10H,1-2H3. The molecule has 2 rings (SSSR count). The quantitative estimate of drug-likeness (QED) is 0.419. The van der Waals surface area contributed by atoms with Gasteiger partial charge in [0.25, 0.3) is 0 Å². The van der Waals surface area contributed by atoms with Crippen LogP contribution in [0.4, 0.5) is 5.69 Å². The highest BCUT2D eigenvalue weighted by atomic mass is 127. The fraction of sp³-hybridized carbons (Fsp3) is 0.133. The van der Waals surface area contributed by atoms with Crippen LogP contribution in [0.5, 0.6) is 0 Å². The molecule has 0 N–H and O–H groups in total. The van der Waals surface area contributed by atoms with Crippen LogP contribution in [0.3, 0.4) is 0 Å². The lowest BCUT2D eigenvalue weighted by Gasteiger charge is -2.00. The minimum atomic E-state index is 0.999. The second kappa shape index (κ2) is 6.38. The molecule has 1 nitrogen and oxygen atoms in total. The minimum Gasteiger partial charge on any atom is -0.256 e. The third-order valence-corrected chi connectivity index (χ3v) is 4.54. The van der Waals surface area contributed by atoms with Gasteiger partial charge in [-0.3, -0.25) is 4.99 Å². The molecule has 0 aliphatic heterocycles. The van der Waals surface area contributed by atoms with E-state index in [0.29, 0.717) is 0 Å². The topological polar surface area (TPSA) is 12.4 Å². The average Bonchev–Trinajstić information content (AvgIpc) is 2.41. The third-order valence-electron chi connectivity index (χ3n) is 2.63. The molecule has 0 aromatic heterocycles. The van der Waals surface area contributed by atoms with Crippen molar-refractivity contribution in [3.63, 3.8) is 0 Å². The SMILES string of the molecule is CSc1ccc(C=Nc2ccc(C)c(I)c2)cc1. The first-order valence-electron chi connectivity index (χ1n) is 5.63. The third kappa shape index (κ3) is 3.59. The molecule has 92 valence electrons. The minimum absolute atomic E-state index is 0.999. The Kier molecular flexibility index (Phi) is 4.83. The summed E-state index contributed by atoms with van der Waals surface area (Å²) in [5.41, 5.74) is 3.42. The van der Waals surface area contributed by atoms with E-state index >= 15 is 0 Å². The lowest BCUT2D eigenvalue weighted by Crippen LogP contribution is -1.81. The van der Waals surface area contributed by atoms with E-state index in [1.165, 1.54) is 14.0 Å². The number of thioether (sulfide) groups is 1. The van der Waals surface area contributed by atoms with Crippen molar-refractivity contribution in [3.05, 3.63) is 57.2 Å². The van der Waals surface area contributed by atoms with Crippen molar-refractivity contribution in [1.29, 1.82) is 0 Å². The summed E-state index contributed by atoms with van der Waals surface area (Å²) < 4.78 is 1.25. The Morgan fingerprint density at radius 3 is 2.44 bits per heavy atom. The van der Waals surface area contributed by atoms with E-state index in [-0.39, 0.29) is 0 Å². The van der Waals surface area contributed by atoms with Gasteiger partial charge in [0.2, 0.25) is 0 Å². The molecule has 0 radical (unpaired) electrons. The molecular formula is C15H14INS. The summed E-state index contributed by atoms with van der Waals surface area (Å²) in [6, 6.07) is 14.7. The summed E-state index contributed by atoms with van der Waals surface area (Å²) in [5.74, 6) is 0. The van der Waals surface area contributed by atoms with Crippen molar-refractivity contribution in [2.75, 3.05) is 6.26 Å². The Morgan fingerprint density at radius 1 is 1.11 bits per heavy atom. The van der Waals surface area contributed by atoms with Gasteiger partial charge in [0, 0.05) is 14.7 Å². The summed E-state index contributed by atoms with van der Waals surface area (Å²) in [6.45, 7) is 2.11. The van der Waals surface area contributed by atoms with Crippen LogP contribution >= 0.6 is 34.4 Å². The van der Waals surface area contributed by atoms with Crippen molar-refractivity contribution >= 4 is 46.3 Å². The van der Waals surface area contributed by atoms with Crippen LogP contribution < -0.4 is 0 Å². The average molecular weight is 367 g/mol. The van der Waals surface area contributed by atoms with Crippen LogP contribution in [0.15, 0.2) is 52.4 Å². The van der Waals surface area contributed by atoms with Gasteiger partial charge in [-0.25, -0.2) is 0 Å². The lowest BCUT2D eigenvalue weighted by molar-refractivity contribution is 1.40. The molecule has 0 amide bonds. The second-order valence-electron chi connectivity index (χ2n) is 3.96. The summed E-state index contributed by atoms with van der Waals surface area (Å²) in [4.78, 5) is 5.77. The Labute approximate surface area is 126 Å². The van der Waals surface area contributed by atoms with Crippen LogP contribution in [-0.2, 0) is 0 Å². The van der Waals surface area contributed by atoms with Gasteiger partial charge >= 0.3 is 0 Å². The molecule has 0 unspecified atom stereocenters. The number of rotatable bonds is 3. The number of aliphatic imine (C=N–C) groups is 1. The molecule has 0 saturated heterocycles. The molecular weight excluding hydrogens is 353 g/mol. The molecule has 0 bridgehead atoms. The van der Waals surface area contributed by atoms with Crippen molar-refractivity contribution in [1.82, 2.24) is 0 Å². The van der Waals surface area contributed by atoms with Gasteiger partial charge in [-0.15, -0.1) is 11.8 Å². The number of benzene rings is 2. The maximum atomic E-state index is 4.50. The van der Waals surface area contributed by atoms with Crippen LogP contribution in [0.2, 0.25) is 0 Å². The van der Waals surface area contributed by atoms with E-state index in [4.69, 9.17) is 0 Å². The molecule has 0 heterocycles. The van der Waals surface area contributed by atoms with Gasteiger partial charge in [-0.05, 0) is 71.2 Å². The number of aryl methyl sites for hydroxylation is 1. The molecule has 2 aromatic carbocycles. The van der Waals surface area contributed by atoms with Crippen LogP contribution in [0.1, 0.15) is 11.1 Å². The van der Waals surface area contributed by atoms with Gasteiger partial charge in [-0.2, -0.15) is 0 Å². The van der Waals surface area contributed by atoms with Crippen LogP contribution in [0.25, 0.3) is 0 Å². The molecule has 0 saturated carbocycles.